The third-order valence-corrected chi connectivity index (χ3v) is 4.28. The molecule has 1 saturated heterocycles. The predicted molar refractivity (Wildman–Crippen MR) is 56.1 cm³/mol. The summed E-state index contributed by atoms with van der Waals surface area (Å²) in [5.41, 5.74) is 1.90. The molecule has 13 heavy (non-hydrogen) atoms. The quantitative estimate of drug-likeness (QED) is 0.675. The first-order valence-electron chi connectivity index (χ1n) is 4.88. The Labute approximate surface area is 82.9 Å². The Hall–Kier alpha value is -0.470. The summed E-state index contributed by atoms with van der Waals surface area (Å²) in [6.45, 7) is 1.19. The van der Waals surface area contributed by atoms with Crippen molar-refractivity contribution in [3.05, 3.63) is 29.8 Å². The molecule has 1 spiro atoms. The summed E-state index contributed by atoms with van der Waals surface area (Å²) < 4.78 is 0. The molecule has 0 saturated carbocycles. The Morgan fingerprint density at radius 2 is 2.08 bits per heavy atom. The molecular weight excluding hydrogens is 178 g/mol. The number of nitrogens with one attached hydrogen (secondary N) is 1. The lowest BCUT2D eigenvalue weighted by Gasteiger charge is -2.47. The second kappa shape index (κ2) is 2.76. The molecule has 1 nitrogen and oxygen atoms in total. The Balaban J connectivity index is 2.11. The van der Waals surface area contributed by atoms with Crippen LogP contribution in [0.5, 0.6) is 0 Å². The van der Waals surface area contributed by atoms with Crippen LogP contribution in [0.3, 0.4) is 0 Å². The summed E-state index contributed by atoms with van der Waals surface area (Å²) in [5, 5.41) is 3.60. The minimum Gasteiger partial charge on any atom is -0.307 e. The van der Waals surface area contributed by atoms with Crippen LogP contribution in [0.2, 0.25) is 0 Å². The second-order valence-corrected chi connectivity index (χ2v) is 4.99. The lowest BCUT2D eigenvalue weighted by Crippen LogP contribution is -2.55. The molecule has 1 aromatic rings. The van der Waals surface area contributed by atoms with Gasteiger partial charge in [-0.3, -0.25) is 0 Å². The van der Waals surface area contributed by atoms with Crippen molar-refractivity contribution in [2.75, 3.05) is 12.3 Å². The van der Waals surface area contributed by atoms with Crippen molar-refractivity contribution in [2.24, 2.45) is 0 Å². The van der Waals surface area contributed by atoms with Gasteiger partial charge in [0.05, 0.1) is 0 Å². The number of rotatable bonds is 0. The van der Waals surface area contributed by atoms with Crippen LogP contribution >= 0.6 is 11.8 Å². The fourth-order valence-corrected chi connectivity index (χ4v) is 3.59. The first-order valence-corrected chi connectivity index (χ1v) is 5.87. The summed E-state index contributed by atoms with van der Waals surface area (Å²) in [6, 6.07) is 8.84. The topological polar surface area (TPSA) is 12.0 Å². The molecule has 0 aromatic heterocycles. The molecule has 3 rings (SSSR count). The highest BCUT2D eigenvalue weighted by atomic mass is 32.2. The van der Waals surface area contributed by atoms with Gasteiger partial charge in [-0.1, -0.05) is 18.2 Å². The van der Waals surface area contributed by atoms with Gasteiger partial charge in [-0.05, 0) is 31.0 Å². The molecule has 0 bridgehead atoms. The van der Waals surface area contributed by atoms with Crippen LogP contribution in [-0.2, 0) is 5.54 Å². The first kappa shape index (κ1) is 7.89. The highest BCUT2D eigenvalue weighted by Crippen LogP contribution is 2.44. The van der Waals surface area contributed by atoms with Gasteiger partial charge in [-0.25, -0.2) is 0 Å². The fraction of sp³-hybridized carbons (Fsp3) is 0.455. The molecule has 1 aromatic carbocycles. The minimum atomic E-state index is 0.363. The maximum absolute atomic E-state index is 3.60. The standard InChI is InChI=1S/C11H13NS/c1-2-4-10-9(3-1)11(5-7-12-11)6-8-13-10/h1-4,12H,5-8H2. The van der Waals surface area contributed by atoms with Crippen molar-refractivity contribution in [1.82, 2.24) is 5.32 Å². The second-order valence-electron chi connectivity index (χ2n) is 3.85. The summed E-state index contributed by atoms with van der Waals surface area (Å²) in [5.74, 6) is 1.27. The van der Waals surface area contributed by atoms with Crippen molar-refractivity contribution < 1.29 is 0 Å². The summed E-state index contributed by atoms with van der Waals surface area (Å²) in [4.78, 5) is 1.49. The van der Waals surface area contributed by atoms with E-state index in [1.54, 1.807) is 0 Å². The number of fused-ring (bicyclic) bond motifs is 2. The SMILES string of the molecule is c1ccc2c(c1)SCCC21CCN1. The maximum Gasteiger partial charge on any atom is 0.0465 e. The van der Waals surface area contributed by atoms with Crippen LogP contribution in [0.4, 0.5) is 0 Å². The predicted octanol–water partition coefficient (Wildman–Crippen LogP) is 2.37. The van der Waals surface area contributed by atoms with E-state index in [4.69, 9.17) is 0 Å². The summed E-state index contributed by atoms with van der Waals surface area (Å²) in [7, 11) is 0. The van der Waals surface area contributed by atoms with Gasteiger partial charge in [0.2, 0.25) is 0 Å². The third kappa shape index (κ3) is 1.05. The molecule has 2 heteroatoms. The summed E-state index contributed by atoms with van der Waals surface area (Å²) in [6.07, 6.45) is 2.62. The largest absolute Gasteiger partial charge is 0.307 e. The van der Waals surface area contributed by atoms with Gasteiger partial charge in [-0.2, -0.15) is 0 Å². The molecular formula is C11H13NS. The van der Waals surface area contributed by atoms with Crippen molar-refractivity contribution >= 4 is 11.8 Å². The zero-order chi connectivity index (χ0) is 8.73. The van der Waals surface area contributed by atoms with E-state index in [9.17, 15) is 0 Å². The van der Waals surface area contributed by atoms with Crippen molar-refractivity contribution in [1.29, 1.82) is 0 Å². The van der Waals surface area contributed by atoms with Crippen LogP contribution in [0, 0.1) is 0 Å². The molecule has 0 aliphatic carbocycles. The number of benzene rings is 1. The molecule has 1 unspecified atom stereocenters. The Morgan fingerprint density at radius 1 is 1.23 bits per heavy atom. The Kier molecular flexibility index (Phi) is 1.67. The van der Waals surface area contributed by atoms with Crippen molar-refractivity contribution in [3.8, 4) is 0 Å². The zero-order valence-electron chi connectivity index (χ0n) is 7.55. The molecule has 0 amide bonds. The van der Waals surface area contributed by atoms with E-state index >= 15 is 0 Å². The van der Waals surface area contributed by atoms with E-state index in [2.05, 4.69) is 29.6 Å². The summed E-state index contributed by atoms with van der Waals surface area (Å²) >= 11 is 2.00. The van der Waals surface area contributed by atoms with Gasteiger partial charge in [0.15, 0.2) is 0 Å². The van der Waals surface area contributed by atoms with Crippen LogP contribution in [-0.4, -0.2) is 12.3 Å². The molecule has 2 aliphatic heterocycles. The van der Waals surface area contributed by atoms with E-state index in [1.165, 1.54) is 35.6 Å². The van der Waals surface area contributed by atoms with Gasteiger partial charge < -0.3 is 5.32 Å². The van der Waals surface area contributed by atoms with E-state index < -0.39 is 0 Å². The normalized spacial score (nSPS) is 31.1. The van der Waals surface area contributed by atoms with Crippen LogP contribution < -0.4 is 5.32 Å². The monoisotopic (exact) mass is 191 g/mol. The molecule has 68 valence electrons. The molecule has 0 radical (unpaired) electrons. The molecule has 1 N–H and O–H groups in total. The Bertz CT molecular complexity index is 331. The number of hydrogen-bond donors (Lipinski definition) is 1. The van der Waals surface area contributed by atoms with Gasteiger partial charge in [0, 0.05) is 16.2 Å². The number of hydrogen-bond acceptors (Lipinski definition) is 2. The molecule has 2 heterocycles. The lowest BCUT2D eigenvalue weighted by molar-refractivity contribution is 0.196. The van der Waals surface area contributed by atoms with Gasteiger partial charge in [0.25, 0.3) is 0 Å². The molecule has 2 aliphatic rings. The zero-order valence-corrected chi connectivity index (χ0v) is 8.36. The van der Waals surface area contributed by atoms with Crippen LogP contribution in [0.15, 0.2) is 29.2 Å². The van der Waals surface area contributed by atoms with E-state index in [-0.39, 0.29) is 0 Å². The average molecular weight is 191 g/mol. The van der Waals surface area contributed by atoms with E-state index in [0.29, 0.717) is 5.54 Å². The average Bonchev–Trinajstić information content (AvgIpc) is 2.14. The van der Waals surface area contributed by atoms with Gasteiger partial charge in [-0.15, -0.1) is 11.8 Å². The fourth-order valence-electron chi connectivity index (χ4n) is 2.33. The highest BCUT2D eigenvalue weighted by Gasteiger charge is 2.41. The highest BCUT2D eigenvalue weighted by molar-refractivity contribution is 7.99. The Morgan fingerprint density at radius 3 is 2.85 bits per heavy atom. The lowest BCUT2D eigenvalue weighted by atomic mass is 9.78. The smallest absolute Gasteiger partial charge is 0.0465 e. The van der Waals surface area contributed by atoms with Gasteiger partial charge >= 0.3 is 0 Å². The van der Waals surface area contributed by atoms with Gasteiger partial charge in [0.1, 0.15) is 0 Å². The van der Waals surface area contributed by atoms with Crippen molar-refractivity contribution in [3.63, 3.8) is 0 Å². The van der Waals surface area contributed by atoms with E-state index in [0.717, 1.165) is 0 Å². The molecule has 1 atom stereocenters. The van der Waals surface area contributed by atoms with Crippen LogP contribution in [0.25, 0.3) is 0 Å². The molecule has 1 fully saturated rings. The maximum atomic E-state index is 3.60. The van der Waals surface area contributed by atoms with E-state index in [1.807, 2.05) is 11.8 Å². The number of thioether (sulfide) groups is 1. The minimum absolute atomic E-state index is 0.363. The first-order chi connectivity index (χ1) is 6.41. The van der Waals surface area contributed by atoms with Crippen LogP contribution in [0.1, 0.15) is 18.4 Å². The van der Waals surface area contributed by atoms with Crippen molar-refractivity contribution in [2.45, 2.75) is 23.3 Å². The third-order valence-electron chi connectivity index (χ3n) is 3.20.